The van der Waals surface area contributed by atoms with Gasteiger partial charge in [-0.05, 0) is 28.7 Å². The molecule has 0 radical (unpaired) electrons. The maximum absolute atomic E-state index is 11.3. The first-order valence-electron chi connectivity index (χ1n) is 4.06. The third kappa shape index (κ3) is 2.81. The molecule has 1 rings (SSSR count). The van der Waals surface area contributed by atoms with Crippen molar-refractivity contribution in [2.45, 2.75) is 6.82 Å². The molecule has 0 atom stereocenters. The summed E-state index contributed by atoms with van der Waals surface area (Å²) in [6.45, 7) is 2.11. The zero-order valence-corrected chi connectivity index (χ0v) is 11.1. The van der Waals surface area contributed by atoms with E-state index in [1.54, 1.807) is 0 Å². The van der Waals surface area contributed by atoms with Crippen molar-refractivity contribution in [3.05, 3.63) is 27.3 Å². The molecule has 1 aromatic carbocycles. The Morgan fingerprint density at radius 2 is 2.31 bits per heavy atom. The lowest BCUT2D eigenvalue weighted by Crippen LogP contribution is -2.15. The van der Waals surface area contributed by atoms with Crippen molar-refractivity contribution in [3.63, 3.8) is 0 Å². The predicted molar refractivity (Wildman–Crippen MR) is 69.9 cm³/mol. The molecule has 13 heavy (non-hydrogen) atoms. The van der Waals surface area contributed by atoms with Gasteiger partial charge in [0.25, 0.3) is 0 Å². The van der Waals surface area contributed by atoms with Gasteiger partial charge in [-0.25, -0.2) is 0 Å². The van der Waals surface area contributed by atoms with E-state index in [2.05, 4.69) is 45.3 Å². The summed E-state index contributed by atoms with van der Waals surface area (Å²) < 4.78 is 1.17. The van der Waals surface area contributed by atoms with Crippen LogP contribution in [0.1, 0.15) is 10.4 Å². The third-order valence-electron chi connectivity index (χ3n) is 1.88. The molecular formula is C9H9BBrIO. The molecule has 0 heterocycles. The summed E-state index contributed by atoms with van der Waals surface area (Å²) >= 11 is 5.43. The Balaban J connectivity index is 3.02. The fourth-order valence-electron chi connectivity index (χ4n) is 1.08. The van der Waals surface area contributed by atoms with Gasteiger partial charge < -0.3 is 0 Å². The standard InChI is InChI=1S/C9H9BBrIO/c1-10-7-3-2-6(4-8(7)12)9(13)5-11/h2-4,10H,5H2,1H3. The van der Waals surface area contributed by atoms with E-state index in [0.29, 0.717) is 5.33 Å². The van der Waals surface area contributed by atoms with Gasteiger partial charge in [0.2, 0.25) is 0 Å². The molecule has 0 fully saturated rings. The minimum atomic E-state index is 0.139. The molecule has 0 saturated carbocycles. The van der Waals surface area contributed by atoms with Crippen LogP contribution in [0.4, 0.5) is 0 Å². The van der Waals surface area contributed by atoms with Crippen LogP contribution in [0.15, 0.2) is 18.2 Å². The largest absolute Gasteiger partial charge is 0.293 e. The van der Waals surface area contributed by atoms with Crippen LogP contribution >= 0.6 is 38.5 Å². The molecular weight excluding hydrogens is 342 g/mol. The number of hydrogen-bond acceptors (Lipinski definition) is 1. The van der Waals surface area contributed by atoms with Crippen LogP contribution in [0.3, 0.4) is 0 Å². The van der Waals surface area contributed by atoms with E-state index in [0.717, 1.165) is 12.8 Å². The molecule has 0 aliphatic carbocycles. The van der Waals surface area contributed by atoms with Gasteiger partial charge in [0.05, 0.1) is 5.33 Å². The molecule has 1 nitrogen and oxygen atoms in total. The second-order valence-electron chi connectivity index (χ2n) is 2.72. The van der Waals surface area contributed by atoms with E-state index in [4.69, 9.17) is 0 Å². The summed E-state index contributed by atoms with van der Waals surface area (Å²) in [6.07, 6.45) is 0. The van der Waals surface area contributed by atoms with Gasteiger partial charge in [-0.15, -0.1) is 0 Å². The van der Waals surface area contributed by atoms with Crippen molar-refractivity contribution in [2.24, 2.45) is 0 Å². The van der Waals surface area contributed by atoms with E-state index in [-0.39, 0.29) is 5.78 Å². The molecule has 4 heteroatoms. The number of rotatable bonds is 3. The van der Waals surface area contributed by atoms with Gasteiger partial charge in [-0.1, -0.05) is 40.3 Å². The Morgan fingerprint density at radius 1 is 1.62 bits per heavy atom. The molecule has 1 aromatic rings. The maximum Gasteiger partial charge on any atom is 0.173 e. The predicted octanol–water partition coefficient (Wildman–Crippen LogP) is 1.98. The average molecular weight is 351 g/mol. The third-order valence-corrected chi connectivity index (χ3v) is 3.39. The van der Waals surface area contributed by atoms with Gasteiger partial charge in [0.1, 0.15) is 0 Å². The van der Waals surface area contributed by atoms with Crippen molar-refractivity contribution in [3.8, 4) is 0 Å². The maximum atomic E-state index is 11.3. The van der Waals surface area contributed by atoms with Gasteiger partial charge in [-0.2, -0.15) is 0 Å². The molecule has 0 N–H and O–H groups in total. The van der Waals surface area contributed by atoms with Gasteiger partial charge in [0.15, 0.2) is 13.1 Å². The van der Waals surface area contributed by atoms with Crippen LogP contribution in [0.25, 0.3) is 0 Å². The Morgan fingerprint density at radius 3 is 2.77 bits per heavy atom. The second-order valence-corrected chi connectivity index (χ2v) is 4.44. The molecule has 0 spiro atoms. The van der Waals surface area contributed by atoms with Crippen LogP contribution in [-0.4, -0.2) is 18.4 Å². The molecule has 0 bridgehead atoms. The topological polar surface area (TPSA) is 17.1 Å². The lowest BCUT2D eigenvalue weighted by atomic mass is 9.73. The summed E-state index contributed by atoms with van der Waals surface area (Å²) in [4.78, 5) is 11.3. The summed E-state index contributed by atoms with van der Waals surface area (Å²) in [5.41, 5.74) is 2.09. The summed E-state index contributed by atoms with van der Waals surface area (Å²) in [5.74, 6) is 0.139. The van der Waals surface area contributed by atoms with Crippen molar-refractivity contribution >= 4 is 57.0 Å². The summed E-state index contributed by atoms with van der Waals surface area (Å²) in [5, 5.41) is 0.397. The molecule has 68 valence electrons. The van der Waals surface area contributed by atoms with E-state index in [1.165, 1.54) is 9.03 Å². The molecule has 0 saturated heterocycles. The molecule has 0 aliphatic heterocycles. The van der Waals surface area contributed by atoms with Crippen LogP contribution < -0.4 is 5.46 Å². The van der Waals surface area contributed by atoms with E-state index in [9.17, 15) is 4.79 Å². The van der Waals surface area contributed by atoms with Crippen molar-refractivity contribution in [2.75, 3.05) is 5.33 Å². The first-order valence-corrected chi connectivity index (χ1v) is 6.26. The van der Waals surface area contributed by atoms with Crippen molar-refractivity contribution in [1.82, 2.24) is 0 Å². The normalized spacial score (nSPS) is 9.77. The lowest BCUT2D eigenvalue weighted by molar-refractivity contribution is 0.102. The van der Waals surface area contributed by atoms with Gasteiger partial charge >= 0.3 is 0 Å². The molecule has 0 amide bonds. The number of hydrogen-bond donors (Lipinski definition) is 0. The minimum Gasteiger partial charge on any atom is -0.293 e. The quantitative estimate of drug-likeness (QED) is 0.352. The highest BCUT2D eigenvalue weighted by atomic mass is 127. The summed E-state index contributed by atoms with van der Waals surface area (Å²) in [7, 11) is 1.01. The number of benzene rings is 1. The monoisotopic (exact) mass is 350 g/mol. The number of halogens is 2. The van der Waals surface area contributed by atoms with Crippen LogP contribution in [0.5, 0.6) is 0 Å². The zero-order chi connectivity index (χ0) is 9.84. The minimum absolute atomic E-state index is 0.139. The van der Waals surface area contributed by atoms with Gasteiger partial charge in [-0.3, -0.25) is 4.79 Å². The molecule has 0 unspecified atom stereocenters. The van der Waals surface area contributed by atoms with E-state index < -0.39 is 0 Å². The average Bonchev–Trinajstić information content (AvgIpc) is 2.16. The zero-order valence-electron chi connectivity index (χ0n) is 7.31. The lowest BCUT2D eigenvalue weighted by Gasteiger charge is -2.02. The summed E-state index contributed by atoms with van der Waals surface area (Å²) in [6, 6.07) is 5.87. The number of alkyl halides is 1. The number of ketones is 1. The first-order chi connectivity index (χ1) is 6.19. The SMILES string of the molecule is CBc1ccc(C(=O)CBr)cc1I. The van der Waals surface area contributed by atoms with Crippen molar-refractivity contribution < 1.29 is 4.79 Å². The van der Waals surface area contributed by atoms with Crippen LogP contribution in [0, 0.1) is 3.57 Å². The number of carbonyl (C=O) groups excluding carboxylic acids is 1. The Kier molecular flexibility index (Phi) is 4.45. The van der Waals surface area contributed by atoms with Crippen LogP contribution in [-0.2, 0) is 0 Å². The fourth-order valence-corrected chi connectivity index (χ4v) is 2.31. The number of carbonyl (C=O) groups is 1. The highest BCUT2D eigenvalue weighted by Gasteiger charge is 2.05. The first kappa shape index (κ1) is 11.2. The smallest absolute Gasteiger partial charge is 0.173 e. The van der Waals surface area contributed by atoms with E-state index >= 15 is 0 Å². The fraction of sp³-hybridized carbons (Fsp3) is 0.222. The van der Waals surface area contributed by atoms with Crippen molar-refractivity contribution in [1.29, 1.82) is 0 Å². The Labute approximate surface area is 101 Å². The number of Topliss-reactive ketones (excluding diaryl/α,β-unsaturated/α-hetero) is 1. The molecule has 0 aliphatic rings. The Hall–Kier alpha value is 0.165. The van der Waals surface area contributed by atoms with Gasteiger partial charge in [0, 0.05) is 9.13 Å². The Bertz CT molecular complexity index is 327. The second kappa shape index (κ2) is 5.15. The van der Waals surface area contributed by atoms with Crippen LogP contribution in [0.2, 0.25) is 6.82 Å². The van der Waals surface area contributed by atoms with E-state index in [1.807, 2.05) is 18.2 Å². The molecule has 0 aromatic heterocycles. The highest BCUT2D eigenvalue weighted by molar-refractivity contribution is 14.1. The highest BCUT2D eigenvalue weighted by Crippen LogP contribution is 2.07.